The van der Waals surface area contributed by atoms with E-state index in [0.29, 0.717) is 11.1 Å². The number of carbonyl (C=O) groups is 2. The van der Waals surface area contributed by atoms with Gasteiger partial charge in [-0.3, -0.25) is 25.4 Å². The van der Waals surface area contributed by atoms with Crippen molar-refractivity contribution in [1.82, 2.24) is 15.8 Å². The van der Waals surface area contributed by atoms with E-state index < -0.39 is 0 Å². The zero-order chi connectivity index (χ0) is 20.1. The van der Waals surface area contributed by atoms with Gasteiger partial charge in [-0.1, -0.05) is 51.1 Å². The molecule has 0 aliphatic heterocycles. The first kappa shape index (κ1) is 19.3. The van der Waals surface area contributed by atoms with Crippen molar-refractivity contribution in [1.29, 1.82) is 0 Å². The zero-order valence-electron chi connectivity index (χ0n) is 16.2. The van der Waals surface area contributed by atoms with Crippen LogP contribution in [-0.2, 0) is 5.41 Å². The Labute approximate surface area is 164 Å². The van der Waals surface area contributed by atoms with Crippen LogP contribution in [0.3, 0.4) is 0 Å². The molecule has 5 nitrogen and oxygen atoms in total. The van der Waals surface area contributed by atoms with Crippen molar-refractivity contribution in [2.45, 2.75) is 26.2 Å². The van der Waals surface area contributed by atoms with Crippen LogP contribution in [0.5, 0.6) is 0 Å². The van der Waals surface area contributed by atoms with Gasteiger partial charge in [0.05, 0.1) is 0 Å². The van der Waals surface area contributed by atoms with Crippen molar-refractivity contribution >= 4 is 11.8 Å². The van der Waals surface area contributed by atoms with Crippen LogP contribution in [0, 0.1) is 0 Å². The summed E-state index contributed by atoms with van der Waals surface area (Å²) < 4.78 is 0. The molecule has 0 atom stereocenters. The second-order valence-electron chi connectivity index (χ2n) is 7.55. The molecule has 0 spiro atoms. The van der Waals surface area contributed by atoms with Crippen LogP contribution >= 0.6 is 0 Å². The average Bonchev–Trinajstić information content (AvgIpc) is 2.72. The van der Waals surface area contributed by atoms with Gasteiger partial charge in [0.25, 0.3) is 11.8 Å². The van der Waals surface area contributed by atoms with Crippen LogP contribution < -0.4 is 10.9 Å². The van der Waals surface area contributed by atoms with Gasteiger partial charge in [0.1, 0.15) is 0 Å². The third-order valence-electron chi connectivity index (χ3n) is 4.44. The minimum atomic E-state index is -0.377. The SMILES string of the molecule is CC(C)(C)c1ccc(C(=O)NNC(=O)c2ccc(-c3cccnc3)cc2)cc1. The number of nitrogens with one attached hydrogen (secondary N) is 2. The highest BCUT2D eigenvalue weighted by Gasteiger charge is 2.15. The predicted octanol–water partition coefficient (Wildman–Crippen LogP) is 4.12. The molecule has 142 valence electrons. The van der Waals surface area contributed by atoms with E-state index in [-0.39, 0.29) is 17.2 Å². The van der Waals surface area contributed by atoms with Gasteiger partial charge in [-0.05, 0) is 52.4 Å². The maximum absolute atomic E-state index is 12.3. The van der Waals surface area contributed by atoms with E-state index in [1.165, 1.54) is 0 Å². The number of carbonyl (C=O) groups excluding carboxylic acids is 2. The average molecular weight is 373 g/mol. The molecule has 0 aliphatic carbocycles. The number of rotatable bonds is 3. The minimum absolute atomic E-state index is 0.0190. The van der Waals surface area contributed by atoms with Crippen molar-refractivity contribution in [2.24, 2.45) is 0 Å². The molecule has 28 heavy (non-hydrogen) atoms. The van der Waals surface area contributed by atoms with E-state index >= 15 is 0 Å². The molecular weight excluding hydrogens is 350 g/mol. The minimum Gasteiger partial charge on any atom is -0.267 e. The van der Waals surface area contributed by atoms with E-state index in [1.54, 1.807) is 36.7 Å². The van der Waals surface area contributed by atoms with Crippen molar-refractivity contribution < 1.29 is 9.59 Å². The number of pyridine rings is 1. The van der Waals surface area contributed by atoms with E-state index in [1.807, 2.05) is 36.4 Å². The van der Waals surface area contributed by atoms with Crippen LogP contribution in [-0.4, -0.2) is 16.8 Å². The summed E-state index contributed by atoms with van der Waals surface area (Å²) in [5.74, 6) is -0.738. The van der Waals surface area contributed by atoms with Crippen LogP contribution in [0.1, 0.15) is 47.1 Å². The zero-order valence-corrected chi connectivity index (χ0v) is 16.2. The molecule has 0 aliphatic rings. The first-order valence-electron chi connectivity index (χ1n) is 9.06. The van der Waals surface area contributed by atoms with Gasteiger partial charge in [-0.15, -0.1) is 0 Å². The van der Waals surface area contributed by atoms with Crippen molar-refractivity contribution in [3.63, 3.8) is 0 Å². The van der Waals surface area contributed by atoms with E-state index in [0.717, 1.165) is 16.7 Å². The summed E-state index contributed by atoms with van der Waals surface area (Å²) in [4.78, 5) is 28.6. The molecule has 3 rings (SSSR count). The topological polar surface area (TPSA) is 71.1 Å². The molecule has 3 aromatic rings. The third kappa shape index (κ3) is 4.62. The molecule has 0 fully saturated rings. The summed E-state index contributed by atoms with van der Waals surface area (Å²) in [7, 11) is 0. The summed E-state index contributed by atoms with van der Waals surface area (Å²) in [6.07, 6.45) is 3.48. The number of nitrogens with zero attached hydrogens (tertiary/aromatic N) is 1. The van der Waals surface area contributed by atoms with Gasteiger partial charge >= 0.3 is 0 Å². The highest BCUT2D eigenvalue weighted by Crippen LogP contribution is 2.22. The second-order valence-corrected chi connectivity index (χ2v) is 7.55. The molecular formula is C23H23N3O2. The van der Waals surface area contributed by atoms with Crippen LogP contribution in [0.4, 0.5) is 0 Å². The van der Waals surface area contributed by atoms with Gasteiger partial charge < -0.3 is 0 Å². The van der Waals surface area contributed by atoms with Gasteiger partial charge in [0, 0.05) is 23.5 Å². The van der Waals surface area contributed by atoms with E-state index in [4.69, 9.17) is 0 Å². The van der Waals surface area contributed by atoms with E-state index in [2.05, 4.69) is 36.6 Å². The molecule has 2 amide bonds. The quantitative estimate of drug-likeness (QED) is 0.679. The molecule has 0 bridgehead atoms. The molecule has 5 heteroatoms. The largest absolute Gasteiger partial charge is 0.269 e. The molecule has 0 saturated heterocycles. The molecule has 0 saturated carbocycles. The number of aromatic nitrogens is 1. The third-order valence-corrected chi connectivity index (χ3v) is 4.44. The lowest BCUT2D eigenvalue weighted by Gasteiger charge is -2.19. The molecule has 1 heterocycles. The molecule has 0 unspecified atom stereocenters. The summed E-state index contributed by atoms with van der Waals surface area (Å²) >= 11 is 0. The lowest BCUT2D eigenvalue weighted by atomic mass is 9.87. The Balaban J connectivity index is 1.60. The number of hydrazine groups is 1. The summed E-state index contributed by atoms with van der Waals surface area (Å²) in [5, 5.41) is 0. The Morgan fingerprint density at radius 2 is 1.29 bits per heavy atom. The lowest BCUT2D eigenvalue weighted by Crippen LogP contribution is -2.41. The first-order chi connectivity index (χ1) is 13.3. The summed E-state index contributed by atoms with van der Waals surface area (Å²) in [6, 6.07) is 18.3. The Kier molecular flexibility index (Phi) is 5.54. The fraction of sp³-hybridized carbons (Fsp3) is 0.174. The predicted molar refractivity (Wildman–Crippen MR) is 110 cm³/mol. The van der Waals surface area contributed by atoms with Crippen LogP contribution in [0.15, 0.2) is 73.1 Å². The Morgan fingerprint density at radius 3 is 1.75 bits per heavy atom. The van der Waals surface area contributed by atoms with Gasteiger partial charge in [0.15, 0.2) is 0 Å². The highest BCUT2D eigenvalue weighted by molar-refractivity contribution is 5.99. The first-order valence-corrected chi connectivity index (χ1v) is 9.06. The summed E-state index contributed by atoms with van der Waals surface area (Å²) in [6.45, 7) is 6.34. The standard InChI is InChI=1S/C23H23N3O2/c1-23(2,3)20-12-10-18(11-13-20)22(28)26-25-21(27)17-8-6-16(7-9-17)19-5-4-14-24-15-19/h4-15H,1-3H3,(H,25,27)(H,26,28). The Bertz CT molecular complexity index is 957. The number of benzene rings is 2. The van der Waals surface area contributed by atoms with Gasteiger partial charge in [-0.25, -0.2) is 0 Å². The molecule has 2 aromatic carbocycles. The number of hydrogen-bond donors (Lipinski definition) is 2. The molecule has 0 radical (unpaired) electrons. The maximum Gasteiger partial charge on any atom is 0.269 e. The lowest BCUT2D eigenvalue weighted by molar-refractivity contribution is 0.0846. The van der Waals surface area contributed by atoms with E-state index in [9.17, 15) is 9.59 Å². The highest BCUT2D eigenvalue weighted by atomic mass is 16.2. The Morgan fingerprint density at radius 1 is 0.750 bits per heavy atom. The molecule has 2 N–H and O–H groups in total. The fourth-order valence-corrected chi connectivity index (χ4v) is 2.73. The summed E-state index contributed by atoms with van der Waals surface area (Å²) in [5.41, 5.74) is 8.94. The van der Waals surface area contributed by atoms with Crippen molar-refractivity contribution in [2.75, 3.05) is 0 Å². The fourth-order valence-electron chi connectivity index (χ4n) is 2.73. The van der Waals surface area contributed by atoms with Crippen LogP contribution in [0.2, 0.25) is 0 Å². The number of amides is 2. The smallest absolute Gasteiger partial charge is 0.267 e. The number of hydrogen-bond acceptors (Lipinski definition) is 3. The monoisotopic (exact) mass is 373 g/mol. The van der Waals surface area contributed by atoms with Gasteiger partial charge in [-0.2, -0.15) is 0 Å². The van der Waals surface area contributed by atoms with Gasteiger partial charge in [0.2, 0.25) is 0 Å². The van der Waals surface area contributed by atoms with Crippen molar-refractivity contribution in [3.8, 4) is 11.1 Å². The van der Waals surface area contributed by atoms with Crippen molar-refractivity contribution in [3.05, 3.63) is 89.7 Å². The molecule has 1 aromatic heterocycles. The normalized spacial score (nSPS) is 11.0. The maximum atomic E-state index is 12.3. The second kappa shape index (κ2) is 8.05. The Hall–Kier alpha value is -3.47. The van der Waals surface area contributed by atoms with Crippen LogP contribution in [0.25, 0.3) is 11.1 Å².